The summed E-state index contributed by atoms with van der Waals surface area (Å²) in [5, 5.41) is 11.5. The average molecular weight is 666 g/mol. The fraction of sp³-hybridized carbons (Fsp3) is 0.914. The van der Waals surface area contributed by atoms with Crippen molar-refractivity contribution in [1.82, 2.24) is 4.90 Å². The first-order valence-corrected chi connectivity index (χ1v) is 17.5. The first-order chi connectivity index (χ1) is 20.1. The first kappa shape index (κ1) is 32.4. The lowest BCUT2D eigenvalue weighted by molar-refractivity contribution is -0.937. The van der Waals surface area contributed by atoms with Crippen molar-refractivity contribution in [2.45, 2.75) is 121 Å². The predicted molar refractivity (Wildman–Crippen MR) is 161 cm³/mol. The first-order valence-electron chi connectivity index (χ1n) is 17.5. The molecule has 0 bridgehead atoms. The van der Waals surface area contributed by atoms with E-state index in [1.54, 1.807) is 6.92 Å². The van der Waals surface area contributed by atoms with Crippen LogP contribution in [0.1, 0.15) is 91.4 Å². The van der Waals surface area contributed by atoms with Crippen molar-refractivity contribution in [3.8, 4) is 0 Å². The number of nitrogens with zero attached hydrogens (tertiary/aromatic N) is 2. The van der Waals surface area contributed by atoms with Gasteiger partial charge >= 0.3 is 5.97 Å². The predicted octanol–water partition coefficient (Wildman–Crippen LogP) is 1.92. The highest BCUT2D eigenvalue weighted by molar-refractivity contribution is 5.66. The zero-order chi connectivity index (χ0) is 29.3. The van der Waals surface area contributed by atoms with E-state index in [-0.39, 0.29) is 57.8 Å². The highest BCUT2D eigenvalue weighted by Gasteiger charge is 2.67. The van der Waals surface area contributed by atoms with E-state index in [4.69, 9.17) is 14.2 Å². The fourth-order valence-corrected chi connectivity index (χ4v) is 12.4. The molecule has 4 saturated carbocycles. The van der Waals surface area contributed by atoms with E-state index < -0.39 is 0 Å². The van der Waals surface area contributed by atoms with Gasteiger partial charge in [0.25, 0.3) is 0 Å². The molecule has 3 unspecified atom stereocenters. The number of hydrogen-bond donors (Lipinski definition) is 1. The maximum absolute atomic E-state index is 12.6. The summed E-state index contributed by atoms with van der Waals surface area (Å²) in [5.41, 5.74) is 0.297. The number of ether oxygens (including phenoxy) is 3. The second-order valence-electron chi connectivity index (χ2n) is 16.1. The number of aliphatic hydroxyl groups excluding tert-OH is 1. The molecule has 3 heterocycles. The van der Waals surface area contributed by atoms with Gasteiger partial charge in [-0.15, -0.1) is 0 Å². The molecule has 1 N–H and O–H groups in total. The minimum absolute atomic E-state index is 0. The number of likely N-dealkylation sites (tertiary alicyclic amines) is 2. The van der Waals surface area contributed by atoms with Crippen LogP contribution in [0.15, 0.2) is 12.7 Å². The lowest BCUT2D eigenvalue weighted by atomic mass is 9.44. The van der Waals surface area contributed by atoms with Gasteiger partial charge in [-0.05, 0) is 73.7 Å². The van der Waals surface area contributed by atoms with Crippen LogP contribution in [0.3, 0.4) is 0 Å². The third kappa shape index (κ3) is 5.21. The van der Waals surface area contributed by atoms with Gasteiger partial charge in [-0.25, -0.2) is 0 Å². The smallest absolute Gasteiger partial charge is 0.303 e. The average Bonchev–Trinajstić information content (AvgIpc) is 3.69. The molecular weight excluding hydrogens is 608 g/mol. The SMILES string of the molecule is C=CC[N+]1([C@H]2CC3C4CC[C@H]5C[C@H](O)[C@@H](N6CCC7(CC6)OCCO7)C[C@]5(C)C4CC[C@]3(C)[C@H]2OC(C)=O)CCCC1.[Br-]. The zero-order valence-corrected chi connectivity index (χ0v) is 28.6. The maximum Gasteiger partial charge on any atom is 0.303 e. The van der Waals surface area contributed by atoms with E-state index >= 15 is 0 Å². The zero-order valence-electron chi connectivity index (χ0n) is 27.0. The molecule has 0 aromatic rings. The molecule has 3 aliphatic heterocycles. The Morgan fingerprint density at radius 3 is 2.37 bits per heavy atom. The van der Waals surface area contributed by atoms with Crippen LogP contribution in [0.25, 0.3) is 0 Å². The van der Waals surface area contributed by atoms with E-state index in [1.807, 2.05) is 0 Å². The number of quaternary nitrogens is 1. The van der Waals surface area contributed by atoms with Crippen molar-refractivity contribution in [3.63, 3.8) is 0 Å². The summed E-state index contributed by atoms with van der Waals surface area (Å²) < 4.78 is 19.5. The molecule has 43 heavy (non-hydrogen) atoms. The standard InChI is InChI=1S/C35H57N2O5.BrH/c1-5-16-37(17-6-7-18-37)30-22-28-26-9-8-25-21-31(39)29(36-14-12-35(13-15-36)40-19-20-41-35)23-34(25,4)27(26)10-11-33(28,3)32(30)42-24(2)38;/h5,25-32,39H,1,6-23H2,2-4H3;1H/q+1;/p-1/t25-,26?,27?,28?,29-,30-,31-,32-,33-,34-;/m0./s1. The van der Waals surface area contributed by atoms with Crippen LogP contribution in [0.4, 0.5) is 0 Å². The van der Waals surface area contributed by atoms with Gasteiger partial charge in [0.05, 0.1) is 39.0 Å². The molecule has 0 radical (unpaired) electrons. The van der Waals surface area contributed by atoms with Gasteiger partial charge in [0.15, 0.2) is 11.9 Å². The molecule has 0 aromatic heterocycles. The van der Waals surface area contributed by atoms with E-state index in [0.717, 1.165) is 56.2 Å². The third-order valence-electron chi connectivity index (χ3n) is 14.4. The van der Waals surface area contributed by atoms with Gasteiger partial charge in [0.1, 0.15) is 6.04 Å². The van der Waals surface area contributed by atoms with E-state index in [1.165, 1.54) is 51.6 Å². The molecule has 8 heteroatoms. The number of esters is 1. The largest absolute Gasteiger partial charge is 1.00 e. The van der Waals surface area contributed by atoms with Crippen LogP contribution in [-0.2, 0) is 19.0 Å². The number of piperidine rings is 1. The van der Waals surface area contributed by atoms with Crippen LogP contribution < -0.4 is 17.0 Å². The van der Waals surface area contributed by atoms with Gasteiger partial charge in [-0.3, -0.25) is 9.69 Å². The van der Waals surface area contributed by atoms with Crippen LogP contribution in [0.2, 0.25) is 0 Å². The Balaban J connectivity index is 0.00000329. The molecule has 7 nitrogen and oxygen atoms in total. The van der Waals surface area contributed by atoms with Gasteiger partial charge < -0.3 is 40.8 Å². The quantitative estimate of drug-likeness (QED) is 0.275. The Hall–Kier alpha value is -0.510. The molecule has 7 rings (SSSR count). The molecule has 3 saturated heterocycles. The summed E-state index contributed by atoms with van der Waals surface area (Å²) in [6, 6.07) is 0.614. The number of carbonyl (C=O) groups excluding carboxylic acids is 1. The summed E-state index contributed by atoms with van der Waals surface area (Å²) in [7, 11) is 0. The Morgan fingerprint density at radius 1 is 1.02 bits per heavy atom. The maximum atomic E-state index is 12.6. The van der Waals surface area contributed by atoms with Crippen molar-refractivity contribution in [2.75, 3.05) is 45.9 Å². The topological polar surface area (TPSA) is 68.2 Å². The lowest BCUT2D eigenvalue weighted by Gasteiger charge is -2.62. The number of rotatable bonds is 5. The third-order valence-corrected chi connectivity index (χ3v) is 14.4. The molecule has 0 amide bonds. The number of carbonyl (C=O) groups is 1. The molecule has 10 atom stereocenters. The minimum Gasteiger partial charge on any atom is -1.00 e. The monoisotopic (exact) mass is 664 g/mol. The van der Waals surface area contributed by atoms with Crippen LogP contribution in [-0.4, -0.2) is 96.5 Å². The molecule has 0 aromatic carbocycles. The van der Waals surface area contributed by atoms with Crippen molar-refractivity contribution in [2.24, 2.45) is 34.5 Å². The molecule has 1 spiro atoms. The van der Waals surface area contributed by atoms with E-state index in [0.29, 0.717) is 42.9 Å². The molecule has 244 valence electrons. The van der Waals surface area contributed by atoms with Gasteiger partial charge in [0.2, 0.25) is 0 Å². The lowest BCUT2D eigenvalue weighted by Crippen LogP contribution is -3.00. The molecule has 4 aliphatic carbocycles. The molecule has 7 aliphatic rings. The second kappa shape index (κ2) is 11.9. The van der Waals surface area contributed by atoms with E-state index in [2.05, 4.69) is 31.4 Å². The van der Waals surface area contributed by atoms with Crippen LogP contribution in [0.5, 0.6) is 0 Å². The molecule has 7 fully saturated rings. The van der Waals surface area contributed by atoms with Crippen LogP contribution in [0, 0.1) is 34.5 Å². The normalized spacial score (nSPS) is 46.8. The van der Waals surface area contributed by atoms with Crippen molar-refractivity contribution in [1.29, 1.82) is 0 Å². The molecular formula is C35H57BrN2O5. The Kier molecular flexibility index (Phi) is 9.00. The number of hydrogen-bond acceptors (Lipinski definition) is 6. The minimum atomic E-state index is -0.370. The van der Waals surface area contributed by atoms with Gasteiger partial charge in [-0.1, -0.05) is 20.4 Å². The Labute approximate surface area is 270 Å². The van der Waals surface area contributed by atoms with Gasteiger partial charge in [-0.2, -0.15) is 0 Å². The van der Waals surface area contributed by atoms with Crippen LogP contribution >= 0.6 is 0 Å². The van der Waals surface area contributed by atoms with Gasteiger partial charge in [0, 0.05) is 63.6 Å². The van der Waals surface area contributed by atoms with Crippen molar-refractivity contribution >= 4 is 5.97 Å². The summed E-state index contributed by atoms with van der Waals surface area (Å²) in [4.78, 5) is 15.1. The highest BCUT2D eigenvalue weighted by atomic mass is 79.9. The fourth-order valence-electron chi connectivity index (χ4n) is 12.4. The highest BCUT2D eigenvalue weighted by Crippen LogP contribution is 2.67. The summed E-state index contributed by atoms with van der Waals surface area (Å²) >= 11 is 0. The summed E-state index contributed by atoms with van der Waals surface area (Å²) in [5.74, 6) is 2.09. The number of aliphatic hydroxyl groups is 1. The number of fused-ring (bicyclic) bond motifs is 5. The number of halogens is 1. The second-order valence-corrected chi connectivity index (χ2v) is 16.1. The Morgan fingerprint density at radius 2 is 1.72 bits per heavy atom. The Bertz CT molecular complexity index is 1040. The van der Waals surface area contributed by atoms with Crippen molar-refractivity contribution in [3.05, 3.63) is 12.7 Å². The van der Waals surface area contributed by atoms with Crippen molar-refractivity contribution < 1.29 is 45.6 Å². The summed E-state index contributed by atoms with van der Waals surface area (Å²) in [6.45, 7) is 17.6. The van der Waals surface area contributed by atoms with E-state index in [9.17, 15) is 9.90 Å². The summed E-state index contributed by atoms with van der Waals surface area (Å²) in [6.07, 6.45) is 14.3.